The van der Waals surface area contributed by atoms with E-state index in [-0.39, 0.29) is 11.9 Å². The fraction of sp³-hybridized carbons (Fsp3) is 0.333. The summed E-state index contributed by atoms with van der Waals surface area (Å²) in [6.45, 7) is 2.18. The molecule has 0 amide bonds. The zero-order valence-corrected chi connectivity index (χ0v) is 14.5. The molecular weight excluding hydrogens is 336 g/mol. The zero-order chi connectivity index (χ0) is 16.6. The highest BCUT2D eigenvalue weighted by atomic mass is 35.5. The summed E-state index contributed by atoms with van der Waals surface area (Å²) in [5.41, 5.74) is 0.864. The maximum Gasteiger partial charge on any atom is 0.132 e. The molecule has 0 bridgehead atoms. The lowest BCUT2D eigenvalue weighted by molar-refractivity contribution is 0.252. The Hall–Kier alpha value is -1.29. The Balaban J connectivity index is 1.94. The Morgan fingerprint density at radius 1 is 1.09 bits per heavy atom. The first kappa shape index (κ1) is 16.6. The van der Waals surface area contributed by atoms with Gasteiger partial charge in [-0.2, -0.15) is 0 Å². The predicted molar refractivity (Wildman–Crippen MR) is 92.1 cm³/mol. The molecule has 0 N–H and O–H groups in total. The minimum atomic E-state index is -0.255. The van der Waals surface area contributed by atoms with Crippen molar-refractivity contribution in [3.63, 3.8) is 0 Å². The highest BCUT2D eigenvalue weighted by Gasteiger charge is 2.30. The van der Waals surface area contributed by atoms with Gasteiger partial charge >= 0.3 is 0 Å². The Kier molecular flexibility index (Phi) is 4.81. The van der Waals surface area contributed by atoms with Crippen LogP contribution in [0.2, 0.25) is 10.0 Å². The van der Waals surface area contributed by atoms with Gasteiger partial charge < -0.3 is 4.74 Å². The number of ether oxygens (including phenoxy) is 1. The Morgan fingerprint density at radius 2 is 1.87 bits per heavy atom. The lowest BCUT2D eigenvalue weighted by Crippen LogP contribution is -2.25. The number of nitrogens with zero attached hydrogens (tertiary/aromatic N) is 1. The Labute approximate surface area is 145 Å². The topological polar surface area (TPSA) is 12.5 Å². The van der Waals surface area contributed by atoms with Gasteiger partial charge in [0.15, 0.2) is 0 Å². The van der Waals surface area contributed by atoms with Crippen molar-refractivity contribution in [3.8, 4) is 11.5 Å². The van der Waals surface area contributed by atoms with Crippen molar-refractivity contribution < 1.29 is 9.13 Å². The fourth-order valence-corrected chi connectivity index (χ4v) is 3.32. The van der Waals surface area contributed by atoms with Crippen LogP contribution in [0.1, 0.15) is 31.4 Å². The third-order valence-electron chi connectivity index (χ3n) is 4.49. The van der Waals surface area contributed by atoms with E-state index in [1.165, 1.54) is 6.07 Å². The van der Waals surface area contributed by atoms with Gasteiger partial charge in [0.1, 0.15) is 17.3 Å². The lowest BCUT2D eigenvalue weighted by atomic mass is 10.0. The second-order valence-electron chi connectivity index (χ2n) is 5.97. The monoisotopic (exact) mass is 353 g/mol. The number of rotatable bonds is 3. The van der Waals surface area contributed by atoms with Crippen molar-refractivity contribution in [2.75, 3.05) is 7.05 Å². The van der Waals surface area contributed by atoms with Crippen LogP contribution in [0.4, 0.5) is 4.39 Å². The van der Waals surface area contributed by atoms with Gasteiger partial charge in [-0.3, -0.25) is 4.90 Å². The molecule has 23 heavy (non-hydrogen) atoms. The van der Waals surface area contributed by atoms with Crippen LogP contribution >= 0.6 is 23.2 Å². The van der Waals surface area contributed by atoms with Gasteiger partial charge in [0.25, 0.3) is 0 Å². The van der Waals surface area contributed by atoms with E-state index in [4.69, 9.17) is 27.9 Å². The van der Waals surface area contributed by atoms with E-state index in [9.17, 15) is 4.39 Å². The highest BCUT2D eigenvalue weighted by molar-refractivity contribution is 6.42. The van der Waals surface area contributed by atoms with Crippen LogP contribution in [-0.2, 0) is 0 Å². The van der Waals surface area contributed by atoms with Crippen molar-refractivity contribution in [2.45, 2.75) is 31.8 Å². The van der Waals surface area contributed by atoms with Gasteiger partial charge in [0.2, 0.25) is 0 Å². The van der Waals surface area contributed by atoms with E-state index < -0.39 is 0 Å². The van der Waals surface area contributed by atoms with Crippen LogP contribution < -0.4 is 4.74 Å². The predicted octanol–water partition coefficient (Wildman–Crippen LogP) is 6.08. The first-order valence-electron chi connectivity index (χ1n) is 7.60. The first-order chi connectivity index (χ1) is 11.0. The molecule has 0 aromatic heterocycles. The number of halogens is 3. The molecule has 2 atom stereocenters. The maximum atomic E-state index is 13.8. The maximum absolute atomic E-state index is 13.8. The van der Waals surface area contributed by atoms with Crippen molar-refractivity contribution in [1.82, 2.24) is 4.90 Å². The van der Waals surface area contributed by atoms with E-state index in [0.29, 0.717) is 27.6 Å². The number of hydrogen-bond donors (Lipinski definition) is 0. The fourth-order valence-electron chi connectivity index (χ4n) is 3.03. The quantitative estimate of drug-likeness (QED) is 0.662. The molecule has 0 saturated carbocycles. The van der Waals surface area contributed by atoms with Gasteiger partial charge in [0.05, 0.1) is 10.0 Å². The third-order valence-corrected chi connectivity index (χ3v) is 5.23. The SMILES string of the molecule is CC1CCC(c2cc(F)ccc2Oc2ccc(Cl)c(Cl)c2)N1C. The Bertz CT molecular complexity index is 722. The molecule has 0 spiro atoms. The van der Waals surface area contributed by atoms with Gasteiger partial charge in [0, 0.05) is 23.7 Å². The third kappa shape index (κ3) is 3.47. The van der Waals surface area contributed by atoms with E-state index in [1.807, 2.05) is 0 Å². The lowest BCUT2D eigenvalue weighted by Gasteiger charge is -2.25. The molecule has 3 rings (SSSR count). The van der Waals surface area contributed by atoms with Gasteiger partial charge in [-0.05, 0) is 57.1 Å². The largest absolute Gasteiger partial charge is 0.457 e. The first-order valence-corrected chi connectivity index (χ1v) is 8.35. The molecule has 1 fully saturated rings. The molecular formula is C18H18Cl2FNO. The second-order valence-corrected chi connectivity index (χ2v) is 6.78. The summed E-state index contributed by atoms with van der Waals surface area (Å²) in [4.78, 5) is 2.26. The van der Waals surface area contributed by atoms with Crippen LogP contribution in [0.3, 0.4) is 0 Å². The highest BCUT2D eigenvalue weighted by Crippen LogP contribution is 2.41. The van der Waals surface area contributed by atoms with Crippen LogP contribution in [0, 0.1) is 5.82 Å². The summed E-state index contributed by atoms with van der Waals surface area (Å²) in [7, 11) is 2.07. The number of benzene rings is 2. The standard InChI is InChI=1S/C18H18Cl2FNO/c1-11-3-7-17(22(11)2)14-9-12(21)4-8-18(14)23-13-5-6-15(19)16(20)10-13/h4-6,8-11,17H,3,7H2,1-2H3. The molecule has 1 heterocycles. The summed E-state index contributed by atoms with van der Waals surface area (Å²) >= 11 is 12.0. The van der Waals surface area contributed by atoms with Gasteiger partial charge in [-0.15, -0.1) is 0 Å². The summed E-state index contributed by atoms with van der Waals surface area (Å²) in [5, 5.41) is 0.905. The van der Waals surface area contributed by atoms with Crippen molar-refractivity contribution in [1.29, 1.82) is 0 Å². The molecule has 122 valence electrons. The molecule has 2 nitrogen and oxygen atoms in total. The minimum absolute atomic E-state index is 0.151. The van der Waals surface area contributed by atoms with Crippen LogP contribution in [0.25, 0.3) is 0 Å². The van der Waals surface area contributed by atoms with E-state index in [0.717, 1.165) is 18.4 Å². The molecule has 0 radical (unpaired) electrons. The number of hydrogen-bond acceptors (Lipinski definition) is 2. The Morgan fingerprint density at radius 3 is 2.52 bits per heavy atom. The molecule has 1 aliphatic heterocycles. The van der Waals surface area contributed by atoms with Crippen molar-refractivity contribution in [3.05, 3.63) is 57.8 Å². The van der Waals surface area contributed by atoms with E-state index >= 15 is 0 Å². The molecule has 1 saturated heterocycles. The minimum Gasteiger partial charge on any atom is -0.457 e. The number of likely N-dealkylation sites (tertiary alicyclic amines) is 1. The summed E-state index contributed by atoms with van der Waals surface area (Å²) in [5.74, 6) is 0.978. The smallest absolute Gasteiger partial charge is 0.132 e. The average Bonchev–Trinajstić information content (AvgIpc) is 2.85. The molecule has 5 heteroatoms. The summed E-state index contributed by atoms with van der Waals surface area (Å²) in [6, 6.07) is 10.4. The summed E-state index contributed by atoms with van der Waals surface area (Å²) < 4.78 is 19.7. The van der Waals surface area contributed by atoms with Crippen molar-refractivity contribution in [2.24, 2.45) is 0 Å². The molecule has 2 aromatic carbocycles. The van der Waals surface area contributed by atoms with Crippen LogP contribution in [0.5, 0.6) is 11.5 Å². The molecule has 2 aromatic rings. The van der Waals surface area contributed by atoms with Gasteiger partial charge in [-0.1, -0.05) is 23.2 Å². The van der Waals surface area contributed by atoms with E-state index in [1.54, 1.807) is 30.3 Å². The van der Waals surface area contributed by atoms with Crippen molar-refractivity contribution >= 4 is 23.2 Å². The molecule has 0 aliphatic carbocycles. The molecule has 1 aliphatic rings. The molecule has 2 unspecified atom stereocenters. The summed E-state index contributed by atoms with van der Waals surface area (Å²) in [6.07, 6.45) is 2.07. The van der Waals surface area contributed by atoms with E-state index in [2.05, 4.69) is 18.9 Å². The average molecular weight is 354 g/mol. The van der Waals surface area contributed by atoms with Crippen LogP contribution in [0.15, 0.2) is 36.4 Å². The van der Waals surface area contributed by atoms with Gasteiger partial charge in [-0.25, -0.2) is 4.39 Å². The second kappa shape index (κ2) is 6.68. The van der Waals surface area contributed by atoms with Crippen LogP contribution in [-0.4, -0.2) is 18.0 Å². The normalized spacial score (nSPS) is 21.6. The zero-order valence-electron chi connectivity index (χ0n) is 13.0.